The quantitative estimate of drug-likeness (QED) is 0.388. The summed E-state index contributed by atoms with van der Waals surface area (Å²) in [6.07, 6.45) is 9.53. The van der Waals surface area contributed by atoms with Crippen molar-refractivity contribution in [1.82, 2.24) is 15.6 Å². The molecule has 1 aromatic heterocycles. The summed E-state index contributed by atoms with van der Waals surface area (Å²) in [7, 11) is 1.83. The van der Waals surface area contributed by atoms with Gasteiger partial charge >= 0.3 is 0 Å². The second-order valence-electron chi connectivity index (χ2n) is 7.30. The maximum Gasteiger partial charge on any atom is 0.213 e. The Kier molecular flexibility index (Phi) is 8.26. The van der Waals surface area contributed by atoms with Gasteiger partial charge in [0.15, 0.2) is 5.96 Å². The number of ether oxygens (including phenoxy) is 1. The summed E-state index contributed by atoms with van der Waals surface area (Å²) >= 11 is 0. The normalized spacial score (nSPS) is 23.5. The Bertz CT molecular complexity index is 562. The number of pyridine rings is 1. The minimum atomic E-state index is 0. The zero-order valence-electron chi connectivity index (χ0n) is 15.3. The number of halogens is 1. The number of guanidine groups is 1. The number of nitrogens with one attached hydrogen (secondary N) is 2. The molecule has 2 aliphatic carbocycles. The molecule has 2 saturated carbocycles. The lowest BCUT2D eigenvalue weighted by Crippen LogP contribution is -2.44. The number of hydrogen-bond acceptors (Lipinski definition) is 3. The first-order valence-electron chi connectivity index (χ1n) is 9.28. The predicted octanol–water partition coefficient (Wildman–Crippen LogP) is 3.73. The number of rotatable bonds is 6. The molecular formula is C19H31IN4O. The smallest absolute Gasteiger partial charge is 0.213 e. The van der Waals surface area contributed by atoms with E-state index in [-0.39, 0.29) is 24.0 Å². The average Bonchev–Trinajstić information content (AvgIpc) is 3.41. The summed E-state index contributed by atoms with van der Waals surface area (Å²) in [5.74, 6) is 3.16. The van der Waals surface area contributed by atoms with Crippen molar-refractivity contribution in [2.45, 2.75) is 58.0 Å². The highest BCUT2D eigenvalue weighted by Gasteiger charge is 2.22. The molecule has 0 saturated heterocycles. The Balaban J connectivity index is 0.00000225. The third kappa shape index (κ3) is 6.99. The van der Waals surface area contributed by atoms with Crippen molar-refractivity contribution in [2.24, 2.45) is 16.8 Å². The lowest BCUT2D eigenvalue weighted by molar-refractivity contribution is 0.288. The van der Waals surface area contributed by atoms with E-state index in [0.717, 1.165) is 42.4 Å². The van der Waals surface area contributed by atoms with Crippen molar-refractivity contribution in [1.29, 1.82) is 0 Å². The van der Waals surface area contributed by atoms with E-state index < -0.39 is 0 Å². The molecule has 2 unspecified atom stereocenters. The Morgan fingerprint density at radius 2 is 2.16 bits per heavy atom. The van der Waals surface area contributed by atoms with Gasteiger partial charge in [0, 0.05) is 31.9 Å². The Morgan fingerprint density at radius 3 is 2.88 bits per heavy atom. The lowest BCUT2D eigenvalue weighted by Gasteiger charge is -2.28. The number of aliphatic imine (C=N–C) groups is 1. The molecule has 5 nitrogen and oxygen atoms in total. The minimum Gasteiger partial charge on any atom is -0.477 e. The van der Waals surface area contributed by atoms with Crippen LogP contribution < -0.4 is 15.4 Å². The molecule has 2 fully saturated rings. The molecular weight excluding hydrogens is 427 g/mol. The molecule has 0 radical (unpaired) electrons. The summed E-state index contributed by atoms with van der Waals surface area (Å²) in [5, 5.41) is 6.97. The molecule has 0 aromatic carbocycles. The van der Waals surface area contributed by atoms with Crippen molar-refractivity contribution < 1.29 is 4.74 Å². The highest BCUT2D eigenvalue weighted by atomic mass is 127. The van der Waals surface area contributed by atoms with E-state index in [9.17, 15) is 0 Å². The van der Waals surface area contributed by atoms with E-state index in [1.165, 1.54) is 38.5 Å². The highest BCUT2D eigenvalue weighted by Crippen LogP contribution is 2.29. The third-order valence-electron chi connectivity index (χ3n) is 4.92. The van der Waals surface area contributed by atoms with Crippen LogP contribution in [0.1, 0.15) is 51.0 Å². The first kappa shape index (κ1) is 20.3. The molecule has 2 N–H and O–H groups in total. The molecule has 2 aliphatic rings. The van der Waals surface area contributed by atoms with Gasteiger partial charge in [-0.1, -0.05) is 19.8 Å². The fourth-order valence-electron chi connectivity index (χ4n) is 3.27. The standard InChI is InChI=1S/C19H30N4O.HI/c1-14-4-3-5-17(10-14)23-19(20-2)22-12-16-8-9-21-18(11-16)24-13-15-6-7-15;/h8-9,11,14-15,17H,3-7,10,12-13H2,1-2H3,(H2,20,22,23);1H. The van der Waals surface area contributed by atoms with Gasteiger partial charge in [-0.25, -0.2) is 4.98 Å². The van der Waals surface area contributed by atoms with Gasteiger partial charge in [-0.3, -0.25) is 4.99 Å². The molecule has 1 heterocycles. The summed E-state index contributed by atoms with van der Waals surface area (Å²) in [5.41, 5.74) is 1.16. The highest BCUT2D eigenvalue weighted by molar-refractivity contribution is 14.0. The van der Waals surface area contributed by atoms with Crippen LogP contribution in [0.3, 0.4) is 0 Å². The van der Waals surface area contributed by atoms with Gasteiger partial charge in [-0.15, -0.1) is 24.0 Å². The molecule has 1 aromatic rings. The van der Waals surface area contributed by atoms with Crippen molar-refractivity contribution in [3.05, 3.63) is 23.9 Å². The Labute approximate surface area is 168 Å². The van der Waals surface area contributed by atoms with E-state index in [4.69, 9.17) is 4.74 Å². The largest absolute Gasteiger partial charge is 0.477 e. The van der Waals surface area contributed by atoms with Crippen molar-refractivity contribution in [3.8, 4) is 5.88 Å². The SMILES string of the molecule is CN=C(NCc1ccnc(OCC2CC2)c1)NC1CCCC(C)C1.I. The van der Waals surface area contributed by atoms with E-state index in [0.29, 0.717) is 6.04 Å². The lowest BCUT2D eigenvalue weighted by atomic mass is 9.87. The van der Waals surface area contributed by atoms with E-state index in [2.05, 4.69) is 27.5 Å². The summed E-state index contributed by atoms with van der Waals surface area (Å²) < 4.78 is 5.75. The Morgan fingerprint density at radius 1 is 1.32 bits per heavy atom. The van der Waals surface area contributed by atoms with Crippen LogP contribution in [0.4, 0.5) is 0 Å². The maximum atomic E-state index is 5.75. The van der Waals surface area contributed by atoms with Gasteiger partial charge in [-0.2, -0.15) is 0 Å². The fraction of sp³-hybridized carbons (Fsp3) is 0.684. The average molecular weight is 458 g/mol. The summed E-state index contributed by atoms with van der Waals surface area (Å²) in [6, 6.07) is 4.58. The Hall–Kier alpha value is -1.05. The first-order chi connectivity index (χ1) is 11.7. The van der Waals surface area contributed by atoms with Gasteiger partial charge in [-0.05, 0) is 49.1 Å². The van der Waals surface area contributed by atoms with Gasteiger partial charge in [0.05, 0.1) is 6.61 Å². The van der Waals surface area contributed by atoms with Crippen LogP contribution in [0, 0.1) is 11.8 Å². The van der Waals surface area contributed by atoms with E-state index in [1.54, 1.807) is 0 Å². The molecule has 3 rings (SSSR count). The van der Waals surface area contributed by atoms with Gasteiger partial charge in [0.25, 0.3) is 0 Å². The van der Waals surface area contributed by atoms with Crippen molar-refractivity contribution >= 4 is 29.9 Å². The minimum absolute atomic E-state index is 0. The zero-order chi connectivity index (χ0) is 16.8. The molecule has 2 atom stereocenters. The number of hydrogen-bond donors (Lipinski definition) is 2. The van der Waals surface area contributed by atoms with Gasteiger partial charge < -0.3 is 15.4 Å². The predicted molar refractivity (Wildman–Crippen MR) is 113 cm³/mol. The monoisotopic (exact) mass is 458 g/mol. The molecule has 0 amide bonds. The maximum absolute atomic E-state index is 5.75. The van der Waals surface area contributed by atoms with Crippen LogP contribution in [-0.2, 0) is 6.54 Å². The van der Waals surface area contributed by atoms with Crippen LogP contribution in [0.2, 0.25) is 0 Å². The number of nitrogens with zero attached hydrogens (tertiary/aromatic N) is 2. The van der Waals surface area contributed by atoms with E-state index >= 15 is 0 Å². The molecule has 0 spiro atoms. The summed E-state index contributed by atoms with van der Waals surface area (Å²) in [6.45, 7) is 3.86. The molecule has 25 heavy (non-hydrogen) atoms. The van der Waals surface area contributed by atoms with Crippen LogP contribution in [0.5, 0.6) is 5.88 Å². The summed E-state index contributed by atoms with van der Waals surface area (Å²) in [4.78, 5) is 8.65. The number of aromatic nitrogens is 1. The van der Waals surface area contributed by atoms with Gasteiger partial charge in [0.1, 0.15) is 0 Å². The fourth-order valence-corrected chi connectivity index (χ4v) is 3.27. The zero-order valence-corrected chi connectivity index (χ0v) is 17.7. The van der Waals surface area contributed by atoms with Crippen LogP contribution in [0.25, 0.3) is 0 Å². The second kappa shape index (κ2) is 10.2. The van der Waals surface area contributed by atoms with Gasteiger partial charge in [0.2, 0.25) is 5.88 Å². The topological polar surface area (TPSA) is 58.5 Å². The third-order valence-corrected chi connectivity index (χ3v) is 4.92. The van der Waals surface area contributed by atoms with E-state index in [1.807, 2.05) is 25.4 Å². The van der Waals surface area contributed by atoms with Crippen LogP contribution >= 0.6 is 24.0 Å². The first-order valence-corrected chi connectivity index (χ1v) is 9.28. The second-order valence-corrected chi connectivity index (χ2v) is 7.30. The molecule has 0 aliphatic heterocycles. The van der Waals surface area contributed by atoms with Crippen molar-refractivity contribution in [2.75, 3.05) is 13.7 Å². The van der Waals surface area contributed by atoms with Crippen LogP contribution in [-0.4, -0.2) is 30.6 Å². The van der Waals surface area contributed by atoms with Crippen molar-refractivity contribution in [3.63, 3.8) is 0 Å². The van der Waals surface area contributed by atoms with Crippen LogP contribution in [0.15, 0.2) is 23.3 Å². The molecule has 0 bridgehead atoms. The molecule has 140 valence electrons. The molecule has 6 heteroatoms.